The minimum absolute atomic E-state index is 0.0226. The lowest BCUT2D eigenvalue weighted by molar-refractivity contribution is -0.119. The molecule has 1 heterocycles. The van der Waals surface area contributed by atoms with Crippen LogP contribution in [0.1, 0.15) is 12.8 Å². The van der Waals surface area contributed by atoms with Crippen LogP contribution in [0.5, 0.6) is 0 Å². The van der Waals surface area contributed by atoms with E-state index in [2.05, 4.69) is 10.5 Å². The van der Waals surface area contributed by atoms with Gasteiger partial charge in [0.1, 0.15) is 11.4 Å². The summed E-state index contributed by atoms with van der Waals surface area (Å²) in [7, 11) is 1.56. The van der Waals surface area contributed by atoms with Crippen molar-refractivity contribution in [3.8, 4) is 0 Å². The Bertz CT molecular complexity index is 940. The molecule has 3 rings (SSSR count). The molecule has 1 N–H and O–H groups in total. The van der Waals surface area contributed by atoms with Gasteiger partial charge in [-0.3, -0.25) is 20.0 Å². The molecule has 0 radical (unpaired) electrons. The van der Waals surface area contributed by atoms with Gasteiger partial charge in [-0.2, -0.15) is 10.1 Å². The van der Waals surface area contributed by atoms with Crippen molar-refractivity contribution in [2.45, 2.75) is 12.8 Å². The Kier molecular flexibility index (Phi) is 5.30. The Labute approximate surface area is 157 Å². The van der Waals surface area contributed by atoms with E-state index in [0.717, 1.165) is 0 Å². The van der Waals surface area contributed by atoms with Crippen LogP contribution in [0.4, 0.5) is 28.9 Å². The number of nitrogens with one attached hydrogen (secondary N) is 1. The van der Waals surface area contributed by atoms with Crippen molar-refractivity contribution in [2.24, 2.45) is 5.10 Å². The highest BCUT2D eigenvalue weighted by Crippen LogP contribution is 2.30. The number of halogens is 4. The van der Waals surface area contributed by atoms with E-state index < -0.39 is 40.8 Å². The van der Waals surface area contributed by atoms with Gasteiger partial charge in [-0.25, -0.2) is 17.6 Å². The van der Waals surface area contributed by atoms with Crippen LogP contribution in [0.2, 0.25) is 0 Å². The molecule has 0 fully saturated rings. The van der Waals surface area contributed by atoms with E-state index in [1.807, 2.05) is 0 Å². The van der Waals surface area contributed by atoms with Crippen LogP contribution >= 0.6 is 0 Å². The molecule has 0 aromatic heterocycles. The highest BCUT2D eigenvalue weighted by Gasteiger charge is 2.32. The van der Waals surface area contributed by atoms with E-state index >= 15 is 0 Å². The SMILES string of the molecule is CN(NC(=O)C1=NN(c2c(F)c(F)cc(F)c2F)C(=O)CC1)c1ccccc1. The van der Waals surface area contributed by atoms with Crippen LogP contribution in [-0.2, 0) is 9.59 Å². The third-order valence-corrected chi connectivity index (χ3v) is 4.01. The molecule has 2 aromatic carbocycles. The van der Waals surface area contributed by atoms with Crippen molar-refractivity contribution in [2.75, 3.05) is 17.1 Å². The first kappa shape index (κ1) is 19.3. The molecule has 146 valence electrons. The summed E-state index contributed by atoms with van der Waals surface area (Å²) in [6.45, 7) is 0. The van der Waals surface area contributed by atoms with Gasteiger partial charge < -0.3 is 0 Å². The van der Waals surface area contributed by atoms with Crippen LogP contribution in [-0.4, -0.2) is 24.6 Å². The zero-order chi connectivity index (χ0) is 20.4. The first-order valence-corrected chi connectivity index (χ1v) is 8.12. The van der Waals surface area contributed by atoms with Gasteiger partial charge in [0.2, 0.25) is 5.91 Å². The smallest absolute Gasteiger partial charge is 0.286 e. The number of hydrazine groups is 1. The molecule has 0 unspecified atom stereocenters. The zero-order valence-corrected chi connectivity index (χ0v) is 14.5. The lowest BCUT2D eigenvalue weighted by Gasteiger charge is -2.25. The van der Waals surface area contributed by atoms with Gasteiger partial charge in [0.15, 0.2) is 23.3 Å². The van der Waals surface area contributed by atoms with Crippen molar-refractivity contribution in [3.63, 3.8) is 0 Å². The summed E-state index contributed by atoms with van der Waals surface area (Å²) in [4.78, 5) is 24.4. The highest BCUT2D eigenvalue weighted by molar-refractivity contribution is 6.40. The average Bonchev–Trinajstić information content (AvgIpc) is 2.68. The maximum atomic E-state index is 14.0. The second kappa shape index (κ2) is 7.67. The number of nitrogens with zero attached hydrogens (tertiary/aromatic N) is 3. The third kappa shape index (κ3) is 3.66. The Morgan fingerprint density at radius 2 is 1.68 bits per heavy atom. The second-order valence-corrected chi connectivity index (χ2v) is 5.90. The quantitative estimate of drug-likeness (QED) is 0.493. The standard InChI is InChI=1S/C18H14F4N4O2/c1-25(10-5-3-2-4-6-10)24-18(28)13-7-8-14(27)26(23-13)17-15(21)11(19)9-12(20)16(17)22/h2-6,9H,7-8H2,1H3,(H,24,28). The van der Waals surface area contributed by atoms with Gasteiger partial charge in [0, 0.05) is 26.0 Å². The fraction of sp³-hybridized carbons (Fsp3) is 0.167. The number of hydrogen-bond acceptors (Lipinski definition) is 4. The highest BCUT2D eigenvalue weighted by atomic mass is 19.2. The van der Waals surface area contributed by atoms with Crippen molar-refractivity contribution in [1.29, 1.82) is 0 Å². The van der Waals surface area contributed by atoms with Crippen LogP contribution in [0.25, 0.3) is 0 Å². The maximum absolute atomic E-state index is 14.0. The Balaban J connectivity index is 1.90. The van der Waals surface area contributed by atoms with Crippen LogP contribution in [0.15, 0.2) is 41.5 Å². The number of hydrazone groups is 1. The zero-order valence-electron chi connectivity index (χ0n) is 14.5. The molecule has 2 amide bonds. The molecule has 0 bridgehead atoms. The average molecular weight is 394 g/mol. The third-order valence-electron chi connectivity index (χ3n) is 4.01. The Hall–Kier alpha value is -3.43. The number of benzene rings is 2. The number of hydrogen-bond donors (Lipinski definition) is 1. The largest absolute Gasteiger partial charge is 0.288 e. The van der Waals surface area contributed by atoms with Crippen LogP contribution in [0, 0.1) is 23.3 Å². The lowest BCUT2D eigenvalue weighted by atomic mass is 10.1. The molecular weight excluding hydrogens is 380 g/mol. The summed E-state index contributed by atoms with van der Waals surface area (Å²) in [6, 6.07) is 8.75. The van der Waals surface area contributed by atoms with E-state index in [-0.39, 0.29) is 29.6 Å². The number of para-hydroxylation sites is 1. The van der Waals surface area contributed by atoms with E-state index in [1.165, 1.54) is 5.01 Å². The van der Waals surface area contributed by atoms with Gasteiger partial charge in [-0.1, -0.05) is 18.2 Å². The molecule has 0 saturated carbocycles. The summed E-state index contributed by atoms with van der Waals surface area (Å²) >= 11 is 0. The molecule has 1 aliphatic rings. The van der Waals surface area contributed by atoms with E-state index in [0.29, 0.717) is 5.69 Å². The second-order valence-electron chi connectivity index (χ2n) is 5.90. The summed E-state index contributed by atoms with van der Waals surface area (Å²) in [5.41, 5.74) is 1.61. The van der Waals surface area contributed by atoms with E-state index in [1.54, 1.807) is 37.4 Å². The number of carbonyl (C=O) groups is 2. The molecule has 0 saturated heterocycles. The van der Waals surface area contributed by atoms with Crippen LogP contribution < -0.4 is 15.4 Å². The van der Waals surface area contributed by atoms with Gasteiger partial charge >= 0.3 is 0 Å². The summed E-state index contributed by atoms with van der Waals surface area (Å²) in [6.07, 6.45) is -0.427. The molecule has 1 aliphatic heterocycles. The van der Waals surface area contributed by atoms with Crippen molar-refractivity contribution in [1.82, 2.24) is 5.43 Å². The van der Waals surface area contributed by atoms with Crippen molar-refractivity contribution >= 4 is 28.9 Å². The molecular formula is C18H14F4N4O2. The fourth-order valence-electron chi connectivity index (χ4n) is 2.57. The number of anilines is 2. The molecule has 2 aromatic rings. The summed E-state index contributed by atoms with van der Waals surface area (Å²) in [5.74, 6) is -8.56. The fourth-order valence-corrected chi connectivity index (χ4v) is 2.57. The van der Waals surface area contributed by atoms with Crippen LogP contribution in [0.3, 0.4) is 0 Å². The minimum atomic E-state index is -1.78. The monoisotopic (exact) mass is 394 g/mol. The lowest BCUT2D eigenvalue weighted by Crippen LogP contribution is -2.46. The van der Waals surface area contributed by atoms with Gasteiger partial charge in [-0.15, -0.1) is 0 Å². The molecule has 0 spiro atoms. The minimum Gasteiger partial charge on any atom is -0.288 e. The van der Waals surface area contributed by atoms with Gasteiger partial charge in [-0.05, 0) is 12.1 Å². The van der Waals surface area contributed by atoms with E-state index in [4.69, 9.17) is 0 Å². The molecule has 0 aliphatic carbocycles. The number of rotatable bonds is 4. The molecule has 0 atom stereocenters. The maximum Gasteiger partial charge on any atom is 0.286 e. The number of amides is 2. The topological polar surface area (TPSA) is 65.0 Å². The summed E-state index contributed by atoms with van der Waals surface area (Å²) < 4.78 is 54.9. The molecule has 6 nitrogen and oxygen atoms in total. The van der Waals surface area contributed by atoms with Crippen molar-refractivity contribution < 1.29 is 27.2 Å². The predicted octanol–water partition coefficient (Wildman–Crippen LogP) is 2.89. The normalized spacial score (nSPS) is 14.0. The number of carbonyl (C=O) groups excluding carboxylic acids is 2. The molecule has 28 heavy (non-hydrogen) atoms. The molecule has 10 heteroatoms. The Morgan fingerprint density at radius 1 is 1.07 bits per heavy atom. The first-order valence-electron chi connectivity index (χ1n) is 8.12. The van der Waals surface area contributed by atoms with Gasteiger partial charge in [0.25, 0.3) is 5.91 Å². The Morgan fingerprint density at radius 3 is 2.29 bits per heavy atom. The summed E-state index contributed by atoms with van der Waals surface area (Å²) in [5, 5.41) is 5.19. The van der Waals surface area contributed by atoms with Gasteiger partial charge in [0.05, 0.1) is 5.69 Å². The van der Waals surface area contributed by atoms with Crippen molar-refractivity contribution in [3.05, 3.63) is 59.7 Å². The first-order chi connectivity index (χ1) is 13.3. The predicted molar refractivity (Wildman–Crippen MR) is 93.4 cm³/mol. The van der Waals surface area contributed by atoms with E-state index in [9.17, 15) is 27.2 Å².